The molecule has 0 unspecified atom stereocenters. The van der Waals surface area contributed by atoms with Crippen LogP contribution in [0.1, 0.15) is 15.9 Å². The van der Waals surface area contributed by atoms with Crippen LogP contribution in [0.15, 0.2) is 54.6 Å². The van der Waals surface area contributed by atoms with Gasteiger partial charge in [0.25, 0.3) is 11.6 Å². The van der Waals surface area contributed by atoms with Gasteiger partial charge >= 0.3 is 0 Å². The van der Waals surface area contributed by atoms with Crippen LogP contribution in [0.3, 0.4) is 0 Å². The van der Waals surface area contributed by atoms with Gasteiger partial charge in [0.2, 0.25) is 5.91 Å². The lowest BCUT2D eigenvalue weighted by Crippen LogP contribution is -2.19. The fraction of sp³-hybridized carbons (Fsp3) is 0.222. The number of nitrogens with zero attached hydrogens (tertiary/aromatic N) is 3. The number of rotatable bonds is 6. The van der Waals surface area contributed by atoms with Crippen LogP contribution < -0.4 is 24.3 Å². The second-order valence-electron chi connectivity index (χ2n) is 8.97. The number of nitro benzene ring substituents is 1. The molecule has 0 fully saturated rings. The van der Waals surface area contributed by atoms with Crippen LogP contribution in [-0.4, -0.2) is 52.9 Å². The largest absolute Gasteiger partial charge is 0.486 e. The molecule has 1 aromatic heterocycles. The first-order valence-corrected chi connectivity index (χ1v) is 12.2. The molecule has 6 rings (SSSR count). The molecule has 0 spiro atoms. The zero-order valence-corrected chi connectivity index (χ0v) is 20.5. The first kappa shape index (κ1) is 24.2. The molecule has 198 valence electrons. The molecule has 0 bridgehead atoms. The Morgan fingerprint density at radius 3 is 2.03 bits per heavy atom. The van der Waals surface area contributed by atoms with Crippen molar-refractivity contribution in [2.75, 3.05) is 31.7 Å². The highest BCUT2D eigenvalue weighted by molar-refractivity contribution is 6.04. The van der Waals surface area contributed by atoms with Crippen molar-refractivity contribution < 1.29 is 33.5 Å². The van der Waals surface area contributed by atoms with Gasteiger partial charge in [-0.1, -0.05) is 12.1 Å². The van der Waals surface area contributed by atoms with Gasteiger partial charge in [0.05, 0.1) is 23.3 Å². The Hall–Kier alpha value is -5.13. The molecule has 0 atom stereocenters. The van der Waals surface area contributed by atoms with E-state index < -0.39 is 10.8 Å². The van der Waals surface area contributed by atoms with Gasteiger partial charge in [-0.05, 0) is 41.5 Å². The first-order chi connectivity index (χ1) is 18.9. The standard InChI is InChI=1S/C27H22N4O8/c32-25(13-16-1-5-21-23(11-16)38-9-7-36-21)28-27-19-4-3-18(31(34)35)15-20(19)30(29-27)26(33)14-17-2-6-22-24(12-17)39-10-8-37-22/h1-6,11-12,15H,7-10,13-14H2,(H,28,29,32). The third-order valence-electron chi connectivity index (χ3n) is 6.30. The number of carbonyl (C=O) groups excluding carboxylic acids is 2. The number of ether oxygens (including phenoxy) is 4. The summed E-state index contributed by atoms with van der Waals surface area (Å²) in [6.07, 6.45) is -0.0379. The second-order valence-corrected chi connectivity index (χ2v) is 8.97. The summed E-state index contributed by atoms with van der Waals surface area (Å²) in [5, 5.41) is 18.9. The molecule has 1 amide bonds. The van der Waals surface area contributed by atoms with E-state index in [1.54, 1.807) is 36.4 Å². The number of nitrogens with one attached hydrogen (secondary N) is 1. The van der Waals surface area contributed by atoms with Gasteiger partial charge in [0.1, 0.15) is 26.4 Å². The Morgan fingerprint density at radius 1 is 0.821 bits per heavy atom. The van der Waals surface area contributed by atoms with Gasteiger partial charge in [-0.25, -0.2) is 0 Å². The van der Waals surface area contributed by atoms with Gasteiger partial charge < -0.3 is 24.3 Å². The number of aromatic nitrogens is 2. The van der Waals surface area contributed by atoms with Gasteiger partial charge in [-0.2, -0.15) is 4.68 Å². The predicted molar refractivity (Wildman–Crippen MR) is 138 cm³/mol. The Bertz CT molecular complexity index is 1630. The van der Waals surface area contributed by atoms with Crippen LogP contribution in [0.25, 0.3) is 10.9 Å². The van der Waals surface area contributed by atoms with E-state index in [-0.39, 0.29) is 35.8 Å². The highest BCUT2D eigenvalue weighted by atomic mass is 16.6. The van der Waals surface area contributed by atoms with Crippen molar-refractivity contribution in [2.24, 2.45) is 0 Å². The van der Waals surface area contributed by atoms with Gasteiger partial charge in [-0.3, -0.25) is 19.7 Å². The lowest BCUT2D eigenvalue weighted by molar-refractivity contribution is -0.384. The van der Waals surface area contributed by atoms with Crippen LogP contribution in [0, 0.1) is 10.1 Å². The summed E-state index contributed by atoms with van der Waals surface area (Å²) in [6, 6.07) is 14.5. The molecule has 2 aliphatic rings. The number of non-ortho nitro benzene ring substituents is 1. The summed E-state index contributed by atoms with van der Waals surface area (Å²) in [7, 11) is 0. The minimum atomic E-state index is -0.553. The van der Waals surface area contributed by atoms with Gasteiger partial charge in [0.15, 0.2) is 28.8 Å². The fourth-order valence-electron chi connectivity index (χ4n) is 4.51. The maximum atomic E-state index is 13.3. The van der Waals surface area contributed by atoms with Crippen molar-refractivity contribution in [2.45, 2.75) is 12.8 Å². The predicted octanol–water partition coefficient (Wildman–Crippen LogP) is 3.55. The van der Waals surface area contributed by atoms with E-state index in [1.165, 1.54) is 18.2 Å². The maximum Gasteiger partial charge on any atom is 0.271 e. The molecule has 3 heterocycles. The molecule has 39 heavy (non-hydrogen) atoms. The number of fused-ring (bicyclic) bond motifs is 3. The molecule has 4 aromatic rings. The monoisotopic (exact) mass is 530 g/mol. The number of nitro groups is 1. The molecule has 0 saturated heterocycles. The molecule has 12 nitrogen and oxygen atoms in total. The van der Waals surface area contributed by atoms with Crippen LogP contribution in [0.2, 0.25) is 0 Å². The lowest BCUT2D eigenvalue weighted by Gasteiger charge is -2.18. The highest BCUT2D eigenvalue weighted by Crippen LogP contribution is 2.33. The molecule has 3 aromatic carbocycles. The van der Waals surface area contributed by atoms with E-state index >= 15 is 0 Å². The van der Waals surface area contributed by atoms with Crippen LogP contribution in [0.4, 0.5) is 11.5 Å². The van der Waals surface area contributed by atoms with Crippen LogP contribution in [-0.2, 0) is 17.6 Å². The second kappa shape index (κ2) is 9.97. The third-order valence-corrected chi connectivity index (χ3v) is 6.30. The summed E-state index contributed by atoms with van der Waals surface area (Å²) in [6.45, 7) is 1.76. The smallest absolute Gasteiger partial charge is 0.271 e. The van der Waals surface area contributed by atoms with E-state index in [4.69, 9.17) is 18.9 Å². The van der Waals surface area contributed by atoms with Crippen LogP contribution in [0.5, 0.6) is 23.0 Å². The molecular weight excluding hydrogens is 508 g/mol. The van der Waals surface area contributed by atoms with Crippen molar-refractivity contribution in [3.63, 3.8) is 0 Å². The van der Waals surface area contributed by atoms with E-state index in [1.807, 2.05) is 0 Å². The van der Waals surface area contributed by atoms with Crippen molar-refractivity contribution in [1.82, 2.24) is 9.78 Å². The number of amides is 1. The van der Waals surface area contributed by atoms with Gasteiger partial charge in [0, 0.05) is 17.5 Å². The number of anilines is 1. The minimum absolute atomic E-state index is 0.0170. The molecule has 12 heteroatoms. The molecule has 2 aliphatic heterocycles. The van der Waals surface area contributed by atoms with E-state index in [9.17, 15) is 19.7 Å². The topological polar surface area (TPSA) is 144 Å². The van der Waals surface area contributed by atoms with Crippen LogP contribution >= 0.6 is 0 Å². The van der Waals surface area contributed by atoms with Gasteiger partial charge in [-0.15, -0.1) is 5.10 Å². The fourth-order valence-corrected chi connectivity index (χ4v) is 4.51. The summed E-state index contributed by atoms with van der Waals surface area (Å²) < 4.78 is 23.3. The Labute approximate surface area is 221 Å². The normalized spacial score (nSPS) is 13.6. The SMILES string of the molecule is O=C(Cc1ccc2c(c1)OCCO2)Nc1nn(C(=O)Cc2ccc3c(c2)OCCO3)c2cc([N+](=O)[O-])ccc12. The van der Waals surface area contributed by atoms with Crippen molar-refractivity contribution in [3.05, 3.63) is 75.8 Å². The average molecular weight is 530 g/mol. The summed E-state index contributed by atoms with van der Waals surface area (Å²) in [5.41, 5.74) is 1.36. The van der Waals surface area contributed by atoms with Crippen molar-refractivity contribution >= 4 is 34.2 Å². The molecule has 0 aliphatic carbocycles. The minimum Gasteiger partial charge on any atom is -0.486 e. The quantitative estimate of drug-likeness (QED) is 0.292. The van der Waals surface area contributed by atoms with E-state index in [0.717, 1.165) is 4.68 Å². The summed E-state index contributed by atoms with van der Waals surface area (Å²) >= 11 is 0. The Morgan fingerprint density at radius 2 is 1.41 bits per heavy atom. The number of hydrogen-bond donors (Lipinski definition) is 1. The maximum absolute atomic E-state index is 13.3. The number of carbonyl (C=O) groups is 2. The third kappa shape index (κ3) is 4.91. The van der Waals surface area contributed by atoms with E-state index in [0.29, 0.717) is 65.9 Å². The number of hydrogen-bond acceptors (Lipinski definition) is 9. The molecule has 1 N–H and O–H groups in total. The summed E-state index contributed by atoms with van der Waals surface area (Å²) in [4.78, 5) is 37.1. The van der Waals surface area contributed by atoms with Crippen molar-refractivity contribution in [3.8, 4) is 23.0 Å². The lowest BCUT2D eigenvalue weighted by atomic mass is 10.1. The molecular formula is C27H22N4O8. The van der Waals surface area contributed by atoms with E-state index in [2.05, 4.69) is 10.4 Å². The summed E-state index contributed by atoms with van der Waals surface area (Å²) in [5.74, 6) is 1.63. The first-order valence-electron chi connectivity index (χ1n) is 12.2. The highest BCUT2D eigenvalue weighted by Gasteiger charge is 2.22. The Balaban J connectivity index is 1.27. The number of benzene rings is 3. The van der Waals surface area contributed by atoms with Crippen molar-refractivity contribution in [1.29, 1.82) is 0 Å². The zero-order chi connectivity index (χ0) is 26.9. The zero-order valence-electron chi connectivity index (χ0n) is 20.5. The molecule has 0 radical (unpaired) electrons. The Kier molecular flexibility index (Phi) is 6.19. The average Bonchev–Trinajstić information content (AvgIpc) is 3.30. The molecule has 0 saturated carbocycles.